The number of fused-ring (bicyclic) bond motifs is 1. The molecule has 0 aliphatic carbocycles. The number of hydrogen-bond donors (Lipinski definition) is 1. The summed E-state index contributed by atoms with van der Waals surface area (Å²) in [5.74, 6) is 1.24. The second kappa shape index (κ2) is 14.5. The first kappa shape index (κ1) is 24.7. The van der Waals surface area contributed by atoms with Gasteiger partial charge in [-0.1, -0.05) is 83.8 Å². The molecule has 0 saturated carbocycles. The van der Waals surface area contributed by atoms with Crippen LogP contribution in [0.25, 0.3) is 10.8 Å². The molecule has 1 aromatic heterocycles. The maximum atomic E-state index is 13.2. The number of unbranched alkanes of at least 4 members (excludes halogenated alkanes) is 8. The zero-order valence-electron chi connectivity index (χ0n) is 19.2. The van der Waals surface area contributed by atoms with Crippen LogP contribution < -0.4 is 5.32 Å². The first-order valence-corrected chi connectivity index (χ1v) is 13.0. The fourth-order valence-corrected chi connectivity index (χ4v) is 5.00. The summed E-state index contributed by atoms with van der Waals surface area (Å²) in [6.07, 6.45) is 17.2. The summed E-state index contributed by atoms with van der Waals surface area (Å²) in [5, 5.41) is 5.46. The average Bonchev–Trinajstić information content (AvgIpc) is 2.76. The number of amides is 1. The fourth-order valence-electron chi connectivity index (χ4n) is 3.80. The number of carbonyl (C=O) groups excluding carboxylic acids is 1. The number of anilines is 1. The van der Waals surface area contributed by atoms with Crippen molar-refractivity contribution in [3.63, 3.8) is 0 Å². The van der Waals surface area contributed by atoms with Gasteiger partial charge in [0.25, 0.3) is 0 Å². The Morgan fingerprint density at radius 3 is 2.43 bits per heavy atom. The van der Waals surface area contributed by atoms with Gasteiger partial charge in [0.2, 0.25) is 5.91 Å². The highest BCUT2D eigenvalue weighted by Gasteiger charge is 2.20. The van der Waals surface area contributed by atoms with Crippen LogP contribution in [0.15, 0.2) is 30.6 Å². The molecule has 4 heteroatoms. The van der Waals surface area contributed by atoms with Gasteiger partial charge in [-0.25, -0.2) is 0 Å². The average molecular weight is 429 g/mol. The number of hydrogen-bond acceptors (Lipinski definition) is 3. The number of carbonyl (C=O) groups is 1. The van der Waals surface area contributed by atoms with Crippen LogP contribution in [0.4, 0.5) is 5.69 Å². The molecular weight excluding hydrogens is 388 g/mol. The van der Waals surface area contributed by atoms with Crippen LogP contribution in [0.3, 0.4) is 0 Å². The van der Waals surface area contributed by atoms with E-state index in [0.29, 0.717) is 0 Å². The summed E-state index contributed by atoms with van der Waals surface area (Å²) in [6, 6.07) is 6.14. The van der Waals surface area contributed by atoms with E-state index in [-0.39, 0.29) is 11.2 Å². The number of aromatic nitrogens is 1. The van der Waals surface area contributed by atoms with E-state index in [9.17, 15) is 4.79 Å². The fraction of sp³-hybridized carbons (Fsp3) is 0.615. The number of thioether (sulfide) groups is 1. The van der Waals surface area contributed by atoms with Gasteiger partial charge in [-0.3, -0.25) is 9.78 Å². The molecule has 0 aliphatic rings. The summed E-state index contributed by atoms with van der Waals surface area (Å²) in [5.41, 5.74) is 2.05. The molecule has 0 fully saturated rings. The maximum Gasteiger partial charge on any atom is 0.237 e. The van der Waals surface area contributed by atoms with Gasteiger partial charge in [-0.2, -0.15) is 0 Å². The van der Waals surface area contributed by atoms with Crippen LogP contribution in [-0.2, 0) is 4.79 Å². The standard InChI is InChI=1S/C26H40N2OS/c1-4-6-8-10-11-12-14-24(30-19-13-9-7-5-2)26(29)28-25-21(3)15-16-22-20-27-18-17-23(22)25/h15-18,20,24H,4-14,19H2,1-3H3,(H,28,29). The number of rotatable bonds is 15. The van der Waals surface area contributed by atoms with Crippen molar-refractivity contribution >= 4 is 34.1 Å². The molecule has 2 rings (SSSR count). The zero-order valence-corrected chi connectivity index (χ0v) is 20.0. The number of nitrogens with one attached hydrogen (secondary N) is 1. The molecule has 0 saturated heterocycles. The van der Waals surface area contributed by atoms with Gasteiger partial charge in [0.1, 0.15) is 0 Å². The molecule has 1 N–H and O–H groups in total. The van der Waals surface area contributed by atoms with E-state index in [0.717, 1.165) is 40.6 Å². The topological polar surface area (TPSA) is 42.0 Å². The van der Waals surface area contributed by atoms with Crippen LogP contribution in [0.5, 0.6) is 0 Å². The molecule has 1 amide bonds. The second-order valence-corrected chi connectivity index (χ2v) is 9.63. The number of pyridine rings is 1. The Balaban J connectivity index is 1.99. The van der Waals surface area contributed by atoms with Gasteiger partial charge in [0.05, 0.1) is 10.9 Å². The largest absolute Gasteiger partial charge is 0.324 e. The van der Waals surface area contributed by atoms with Crippen molar-refractivity contribution in [2.24, 2.45) is 0 Å². The summed E-state index contributed by atoms with van der Waals surface area (Å²) in [6.45, 7) is 6.56. The monoisotopic (exact) mass is 428 g/mol. The Bertz CT molecular complexity index is 762. The molecular formula is C26H40N2OS. The molecule has 30 heavy (non-hydrogen) atoms. The smallest absolute Gasteiger partial charge is 0.237 e. The second-order valence-electron chi connectivity index (χ2n) is 8.32. The third-order valence-electron chi connectivity index (χ3n) is 5.71. The normalized spacial score (nSPS) is 12.2. The van der Waals surface area contributed by atoms with Crippen molar-refractivity contribution in [2.45, 2.75) is 96.7 Å². The Kier molecular flexibility index (Phi) is 11.9. The molecule has 0 bridgehead atoms. The van der Waals surface area contributed by atoms with Crippen LogP contribution in [-0.4, -0.2) is 21.9 Å². The highest BCUT2D eigenvalue weighted by molar-refractivity contribution is 8.00. The van der Waals surface area contributed by atoms with E-state index < -0.39 is 0 Å². The van der Waals surface area contributed by atoms with Crippen molar-refractivity contribution in [1.29, 1.82) is 0 Å². The molecule has 3 nitrogen and oxygen atoms in total. The van der Waals surface area contributed by atoms with Crippen LogP contribution in [0.2, 0.25) is 0 Å². The maximum absolute atomic E-state index is 13.2. The Morgan fingerprint density at radius 1 is 0.967 bits per heavy atom. The molecule has 0 aliphatic heterocycles. The molecule has 0 spiro atoms. The molecule has 166 valence electrons. The molecule has 1 unspecified atom stereocenters. The van der Waals surface area contributed by atoms with E-state index in [2.05, 4.69) is 43.2 Å². The predicted octanol–water partition coefficient (Wildman–Crippen LogP) is 7.91. The minimum Gasteiger partial charge on any atom is -0.324 e. The molecule has 0 radical (unpaired) electrons. The van der Waals surface area contributed by atoms with Crippen LogP contribution in [0, 0.1) is 6.92 Å². The Morgan fingerprint density at radius 2 is 1.67 bits per heavy atom. The van der Waals surface area contributed by atoms with E-state index in [4.69, 9.17) is 0 Å². The number of nitrogens with zero attached hydrogens (tertiary/aromatic N) is 1. The summed E-state index contributed by atoms with van der Waals surface area (Å²) in [4.78, 5) is 17.5. The molecule has 1 heterocycles. The Hall–Kier alpha value is -1.55. The van der Waals surface area contributed by atoms with Gasteiger partial charge in [0.15, 0.2) is 0 Å². The number of benzene rings is 1. The van der Waals surface area contributed by atoms with E-state index in [1.54, 1.807) is 6.20 Å². The van der Waals surface area contributed by atoms with Gasteiger partial charge in [0, 0.05) is 23.2 Å². The minimum atomic E-state index is 0.0364. The highest BCUT2D eigenvalue weighted by Crippen LogP contribution is 2.29. The van der Waals surface area contributed by atoms with Crippen LogP contribution in [0.1, 0.15) is 90.0 Å². The lowest BCUT2D eigenvalue weighted by Gasteiger charge is -2.19. The van der Waals surface area contributed by atoms with Gasteiger partial charge in [-0.15, -0.1) is 11.8 Å². The Labute approximate surface area is 187 Å². The third-order valence-corrected chi connectivity index (χ3v) is 7.08. The minimum absolute atomic E-state index is 0.0364. The lowest BCUT2D eigenvalue weighted by molar-refractivity contribution is -0.115. The summed E-state index contributed by atoms with van der Waals surface area (Å²) >= 11 is 1.85. The van der Waals surface area contributed by atoms with Gasteiger partial charge in [-0.05, 0) is 37.1 Å². The zero-order chi connectivity index (χ0) is 21.6. The van der Waals surface area contributed by atoms with E-state index >= 15 is 0 Å². The van der Waals surface area contributed by atoms with Gasteiger partial charge >= 0.3 is 0 Å². The summed E-state index contributed by atoms with van der Waals surface area (Å²) in [7, 11) is 0. The lowest BCUT2D eigenvalue weighted by Crippen LogP contribution is -2.26. The van der Waals surface area contributed by atoms with Crippen molar-refractivity contribution in [1.82, 2.24) is 4.98 Å². The van der Waals surface area contributed by atoms with Crippen molar-refractivity contribution in [3.05, 3.63) is 36.2 Å². The molecule has 2 aromatic rings. The van der Waals surface area contributed by atoms with Crippen molar-refractivity contribution < 1.29 is 4.79 Å². The highest BCUT2D eigenvalue weighted by atomic mass is 32.2. The lowest BCUT2D eigenvalue weighted by atomic mass is 10.1. The van der Waals surface area contributed by atoms with Crippen molar-refractivity contribution in [3.8, 4) is 0 Å². The molecule has 1 aromatic carbocycles. The predicted molar refractivity (Wildman–Crippen MR) is 133 cm³/mol. The van der Waals surface area contributed by atoms with Crippen LogP contribution >= 0.6 is 11.8 Å². The van der Waals surface area contributed by atoms with E-state index in [1.807, 2.05) is 24.0 Å². The number of aryl methyl sites for hydroxylation is 1. The third kappa shape index (κ3) is 8.29. The first-order chi connectivity index (χ1) is 14.7. The molecule has 1 atom stereocenters. The quantitative estimate of drug-likeness (QED) is 0.293. The van der Waals surface area contributed by atoms with E-state index in [1.165, 1.54) is 57.8 Å². The van der Waals surface area contributed by atoms with Gasteiger partial charge < -0.3 is 5.32 Å². The SMILES string of the molecule is CCCCCCCCC(SCCCCCC)C(=O)Nc1c(C)ccc2cnccc12. The van der Waals surface area contributed by atoms with Crippen molar-refractivity contribution in [2.75, 3.05) is 11.1 Å². The first-order valence-electron chi connectivity index (χ1n) is 11.9. The summed E-state index contributed by atoms with van der Waals surface area (Å²) < 4.78 is 0.